The number of sulfonamides is 1. The molecular weight excluding hydrogens is 385 g/mol. The van der Waals surface area contributed by atoms with Gasteiger partial charge in [-0.2, -0.15) is 0 Å². The molecule has 146 valence electrons. The minimum absolute atomic E-state index is 0.00259. The van der Waals surface area contributed by atoms with Gasteiger partial charge < -0.3 is 15.8 Å². The zero-order valence-corrected chi connectivity index (χ0v) is 14.7. The Morgan fingerprint density at radius 1 is 1.11 bits per heavy atom. The highest BCUT2D eigenvalue weighted by molar-refractivity contribution is 7.89. The number of aliphatic imine (C=N–C) groups is 1. The molecule has 0 saturated carbocycles. The monoisotopic (exact) mass is 402 g/mol. The van der Waals surface area contributed by atoms with E-state index >= 15 is 0 Å². The lowest BCUT2D eigenvalue weighted by Crippen LogP contribution is -2.24. The molecule has 2 rings (SSSR count). The van der Waals surface area contributed by atoms with Gasteiger partial charge in [-0.3, -0.25) is 4.99 Å². The van der Waals surface area contributed by atoms with E-state index in [0.717, 1.165) is 11.6 Å². The Hall–Kier alpha value is -2.79. The standard InChI is InChI=1S/C16H17F3N4O3S/c17-16(18,19)26-14-4-2-1-3-13(14)23-15(20)22-10-9-11-5-7-12(8-6-11)27(21,24)25/h1-8H,9-10H2,(H3,20,22,23)(H2,21,24,25). The summed E-state index contributed by atoms with van der Waals surface area (Å²) in [5.74, 6) is -0.517. The number of halogens is 3. The maximum atomic E-state index is 12.4. The van der Waals surface area contributed by atoms with Gasteiger partial charge in [-0.1, -0.05) is 24.3 Å². The average Bonchev–Trinajstić information content (AvgIpc) is 2.55. The summed E-state index contributed by atoms with van der Waals surface area (Å²) < 4.78 is 63.5. The van der Waals surface area contributed by atoms with E-state index in [1.165, 1.54) is 30.3 Å². The van der Waals surface area contributed by atoms with Gasteiger partial charge in [-0.15, -0.1) is 13.2 Å². The fourth-order valence-electron chi connectivity index (χ4n) is 2.11. The number of nitrogens with one attached hydrogen (secondary N) is 1. The third-order valence-corrected chi connectivity index (χ3v) is 4.24. The van der Waals surface area contributed by atoms with Crippen LogP contribution in [0.1, 0.15) is 5.56 Å². The fourth-order valence-corrected chi connectivity index (χ4v) is 2.63. The summed E-state index contributed by atoms with van der Waals surface area (Å²) in [6.07, 6.45) is -4.39. The number of guanidine groups is 1. The number of primary sulfonamides is 1. The first kappa shape index (κ1) is 20.5. The van der Waals surface area contributed by atoms with E-state index in [4.69, 9.17) is 10.9 Å². The summed E-state index contributed by atoms with van der Waals surface area (Å²) in [7, 11) is -3.75. The molecule has 0 unspecified atom stereocenters. The van der Waals surface area contributed by atoms with Gasteiger partial charge in [0.15, 0.2) is 11.7 Å². The molecule has 27 heavy (non-hydrogen) atoms. The van der Waals surface area contributed by atoms with E-state index in [2.05, 4.69) is 15.0 Å². The molecule has 0 bridgehead atoms. The van der Waals surface area contributed by atoms with Crippen molar-refractivity contribution in [3.63, 3.8) is 0 Å². The smallest absolute Gasteiger partial charge is 0.404 e. The lowest BCUT2D eigenvalue weighted by atomic mass is 10.1. The van der Waals surface area contributed by atoms with Crippen molar-refractivity contribution in [2.24, 2.45) is 15.9 Å². The molecule has 0 saturated heterocycles. The van der Waals surface area contributed by atoms with Gasteiger partial charge in [-0.05, 0) is 36.2 Å². The molecule has 0 fully saturated rings. The summed E-state index contributed by atoms with van der Waals surface area (Å²) in [6.45, 7) is 0.232. The maximum absolute atomic E-state index is 12.4. The summed E-state index contributed by atoms with van der Waals surface area (Å²) in [4.78, 5) is 4.02. The van der Waals surface area contributed by atoms with Gasteiger partial charge in [0.2, 0.25) is 10.0 Å². The molecule has 0 aliphatic heterocycles. The molecule has 0 amide bonds. The van der Waals surface area contributed by atoms with E-state index in [9.17, 15) is 21.6 Å². The van der Waals surface area contributed by atoms with E-state index in [1.54, 1.807) is 12.1 Å². The van der Waals surface area contributed by atoms with Crippen molar-refractivity contribution >= 4 is 21.7 Å². The Morgan fingerprint density at radius 3 is 2.33 bits per heavy atom. The van der Waals surface area contributed by atoms with Crippen LogP contribution < -0.4 is 20.9 Å². The number of rotatable bonds is 6. The zero-order chi connectivity index (χ0) is 20.1. The lowest BCUT2D eigenvalue weighted by molar-refractivity contribution is -0.274. The topological polar surface area (TPSA) is 120 Å². The molecule has 5 N–H and O–H groups in total. The van der Waals surface area contributed by atoms with Crippen LogP contribution in [0.2, 0.25) is 0 Å². The van der Waals surface area contributed by atoms with Gasteiger partial charge in [0.05, 0.1) is 10.6 Å². The van der Waals surface area contributed by atoms with Crippen LogP contribution in [0.4, 0.5) is 18.9 Å². The Labute approximate surface area is 153 Å². The third-order valence-electron chi connectivity index (χ3n) is 3.31. The van der Waals surface area contributed by atoms with Crippen LogP contribution in [-0.4, -0.2) is 27.3 Å². The number of nitrogens with two attached hydrogens (primary N) is 2. The average molecular weight is 402 g/mol. The van der Waals surface area contributed by atoms with E-state index in [0.29, 0.717) is 6.42 Å². The van der Waals surface area contributed by atoms with Crippen molar-refractivity contribution in [2.75, 3.05) is 11.9 Å². The van der Waals surface area contributed by atoms with E-state index in [1.807, 2.05) is 0 Å². The number of alkyl halides is 3. The number of hydrogen-bond acceptors (Lipinski definition) is 4. The minimum atomic E-state index is -4.83. The van der Waals surface area contributed by atoms with Crippen LogP contribution in [0.25, 0.3) is 0 Å². The van der Waals surface area contributed by atoms with E-state index in [-0.39, 0.29) is 23.1 Å². The van der Waals surface area contributed by atoms with Crippen LogP contribution in [-0.2, 0) is 16.4 Å². The fraction of sp³-hybridized carbons (Fsp3) is 0.188. The molecule has 0 aliphatic rings. The third kappa shape index (κ3) is 6.79. The molecule has 2 aromatic rings. The van der Waals surface area contributed by atoms with Crippen LogP contribution >= 0.6 is 0 Å². The SMILES string of the molecule is NC(=NCCc1ccc(S(N)(=O)=O)cc1)Nc1ccccc1OC(F)(F)F. The zero-order valence-electron chi connectivity index (χ0n) is 13.9. The molecule has 7 nitrogen and oxygen atoms in total. The highest BCUT2D eigenvalue weighted by atomic mass is 32.2. The quantitative estimate of drug-likeness (QED) is 0.505. The van der Waals surface area contributed by atoms with Crippen molar-refractivity contribution in [3.8, 4) is 5.75 Å². The Balaban J connectivity index is 1.97. The number of hydrogen-bond donors (Lipinski definition) is 3. The van der Waals surface area contributed by atoms with Crippen molar-refractivity contribution in [3.05, 3.63) is 54.1 Å². The first-order chi connectivity index (χ1) is 12.5. The Morgan fingerprint density at radius 2 is 1.74 bits per heavy atom. The first-order valence-corrected chi connectivity index (χ1v) is 9.13. The lowest BCUT2D eigenvalue weighted by Gasteiger charge is -2.14. The molecule has 0 heterocycles. The summed E-state index contributed by atoms with van der Waals surface area (Å²) in [6, 6.07) is 11.4. The molecule has 0 spiro atoms. The highest BCUT2D eigenvalue weighted by Gasteiger charge is 2.32. The molecule has 0 aromatic heterocycles. The number of para-hydroxylation sites is 2. The Bertz CT molecular complexity index is 913. The predicted molar refractivity (Wildman–Crippen MR) is 94.8 cm³/mol. The van der Waals surface area contributed by atoms with Crippen LogP contribution in [0.15, 0.2) is 58.4 Å². The molecule has 0 atom stereocenters. The minimum Gasteiger partial charge on any atom is -0.404 e. The van der Waals surface area contributed by atoms with Crippen molar-refractivity contribution in [1.29, 1.82) is 0 Å². The predicted octanol–water partition coefficient (Wildman–Crippen LogP) is 2.20. The van der Waals surface area contributed by atoms with Crippen LogP contribution in [0.5, 0.6) is 5.75 Å². The first-order valence-electron chi connectivity index (χ1n) is 7.58. The number of ether oxygens (including phenoxy) is 1. The molecule has 11 heteroatoms. The molecular formula is C16H17F3N4O3S. The molecule has 0 radical (unpaired) electrons. The molecule has 2 aromatic carbocycles. The second-order valence-electron chi connectivity index (χ2n) is 5.37. The van der Waals surface area contributed by atoms with Crippen molar-refractivity contribution < 1.29 is 26.3 Å². The largest absolute Gasteiger partial charge is 0.573 e. The van der Waals surface area contributed by atoms with E-state index < -0.39 is 22.1 Å². The normalized spacial score (nSPS) is 12.7. The summed E-state index contributed by atoms with van der Waals surface area (Å²) in [5, 5.41) is 7.57. The number of nitrogens with zero attached hydrogens (tertiary/aromatic N) is 1. The van der Waals surface area contributed by atoms with Gasteiger partial charge in [0.25, 0.3) is 0 Å². The number of anilines is 1. The summed E-state index contributed by atoms with van der Waals surface area (Å²) in [5.41, 5.74) is 6.50. The number of benzene rings is 2. The van der Waals surface area contributed by atoms with Gasteiger partial charge in [0.1, 0.15) is 0 Å². The van der Waals surface area contributed by atoms with Gasteiger partial charge in [-0.25, -0.2) is 13.6 Å². The second kappa shape index (κ2) is 8.27. The second-order valence-corrected chi connectivity index (χ2v) is 6.94. The van der Waals surface area contributed by atoms with Gasteiger partial charge in [0, 0.05) is 6.54 Å². The van der Waals surface area contributed by atoms with Gasteiger partial charge >= 0.3 is 6.36 Å². The molecule has 0 aliphatic carbocycles. The highest BCUT2D eigenvalue weighted by Crippen LogP contribution is 2.29. The maximum Gasteiger partial charge on any atom is 0.573 e. The van der Waals surface area contributed by atoms with Crippen LogP contribution in [0.3, 0.4) is 0 Å². The van der Waals surface area contributed by atoms with Crippen molar-refractivity contribution in [2.45, 2.75) is 17.7 Å². The van der Waals surface area contributed by atoms with Crippen molar-refractivity contribution in [1.82, 2.24) is 0 Å². The Kier molecular flexibility index (Phi) is 6.28. The van der Waals surface area contributed by atoms with Crippen LogP contribution in [0, 0.1) is 0 Å². The summed E-state index contributed by atoms with van der Waals surface area (Å²) >= 11 is 0.